The van der Waals surface area contributed by atoms with E-state index >= 15 is 0 Å². The van der Waals surface area contributed by atoms with Crippen LogP contribution in [0.4, 0.5) is 5.69 Å². The zero-order valence-corrected chi connectivity index (χ0v) is 10.2. The molecule has 0 aliphatic rings. The predicted octanol–water partition coefficient (Wildman–Crippen LogP) is 3.20. The van der Waals surface area contributed by atoms with Gasteiger partial charge >= 0.3 is 0 Å². The van der Waals surface area contributed by atoms with Gasteiger partial charge in [-0.3, -0.25) is 4.98 Å². The lowest BCUT2D eigenvalue weighted by molar-refractivity contribution is 0.307. The fraction of sp³-hybridized carbons (Fsp3) is 0.154. The Kier molecular flexibility index (Phi) is 3.49. The molecule has 0 unspecified atom stereocenters. The minimum atomic E-state index is 0.384. The minimum Gasteiger partial charge on any atom is -0.487 e. The van der Waals surface area contributed by atoms with Gasteiger partial charge < -0.3 is 10.5 Å². The van der Waals surface area contributed by atoms with Crippen molar-refractivity contribution in [2.24, 2.45) is 0 Å². The molecule has 0 amide bonds. The second kappa shape index (κ2) is 5.06. The van der Waals surface area contributed by atoms with Crippen molar-refractivity contribution in [3.8, 4) is 5.75 Å². The summed E-state index contributed by atoms with van der Waals surface area (Å²) in [7, 11) is 0. The van der Waals surface area contributed by atoms with Crippen LogP contribution < -0.4 is 10.5 Å². The first kappa shape index (κ1) is 11.7. The summed E-state index contributed by atoms with van der Waals surface area (Å²) in [5.74, 6) is 0.679. The van der Waals surface area contributed by atoms with Gasteiger partial charge in [0.05, 0.1) is 10.7 Å². The molecule has 0 radical (unpaired) electrons. The number of hydrogen-bond donors (Lipinski definition) is 1. The largest absolute Gasteiger partial charge is 0.487 e. The maximum absolute atomic E-state index is 5.99. The molecule has 0 aliphatic carbocycles. The van der Waals surface area contributed by atoms with Crippen LogP contribution in [0.15, 0.2) is 36.7 Å². The molecule has 0 saturated carbocycles. The number of aryl methyl sites for hydroxylation is 1. The van der Waals surface area contributed by atoms with Crippen LogP contribution in [0.25, 0.3) is 0 Å². The van der Waals surface area contributed by atoms with E-state index in [0.717, 1.165) is 11.1 Å². The van der Waals surface area contributed by atoms with Crippen molar-refractivity contribution in [3.63, 3.8) is 0 Å². The SMILES string of the molecule is Cc1ccc(N)c(OCc2ccncc2Cl)c1. The van der Waals surface area contributed by atoms with Gasteiger partial charge in [0.1, 0.15) is 12.4 Å². The third kappa shape index (κ3) is 2.88. The van der Waals surface area contributed by atoms with E-state index in [-0.39, 0.29) is 0 Å². The average Bonchev–Trinajstić information content (AvgIpc) is 2.32. The fourth-order valence-corrected chi connectivity index (χ4v) is 1.62. The van der Waals surface area contributed by atoms with Gasteiger partial charge in [0.25, 0.3) is 0 Å². The first-order chi connectivity index (χ1) is 8.16. The van der Waals surface area contributed by atoms with Gasteiger partial charge in [-0.1, -0.05) is 17.7 Å². The molecular formula is C13H13ClN2O. The fourth-order valence-electron chi connectivity index (χ4n) is 1.44. The molecule has 88 valence electrons. The molecule has 1 aromatic carbocycles. The Hall–Kier alpha value is -1.74. The van der Waals surface area contributed by atoms with E-state index in [9.17, 15) is 0 Å². The van der Waals surface area contributed by atoms with Gasteiger partial charge in [0.2, 0.25) is 0 Å². The van der Waals surface area contributed by atoms with Crippen LogP contribution in [-0.4, -0.2) is 4.98 Å². The molecule has 2 N–H and O–H groups in total. The smallest absolute Gasteiger partial charge is 0.142 e. The predicted molar refractivity (Wildman–Crippen MR) is 69.2 cm³/mol. The molecule has 3 nitrogen and oxygen atoms in total. The Morgan fingerprint density at radius 3 is 2.94 bits per heavy atom. The molecule has 1 heterocycles. The summed E-state index contributed by atoms with van der Waals surface area (Å²) in [5, 5.41) is 0.596. The van der Waals surface area contributed by atoms with E-state index in [4.69, 9.17) is 22.1 Å². The van der Waals surface area contributed by atoms with Gasteiger partial charge in [-0.2, -0.15) is 0 Å². The van der Waals surface area contributed by atoms with Crippen molar-refractivity contribution in [1.82, 2.24) is 4.98 Å². The summed E-state index contributed by atoms with van der Waals surface area (Å²) >= 11 is 5.99. The maximum atomic E-state index is 5.99. The Morgan fingerprint density at radius 1 is 1.35 bits per heavy atom. The summed E-state index contributed by atoms with van der Waals surface area (Å²) < 4.78 is 5.65. The Labute approximate surface area is 105 Å². The van der Waals surface area contributed by atoms with Crippen LogP contribution in [0, 0.1) is 6.92 Å². The Bertz CT molecular complexity index is 529. The second-order valence-electron chi connectivity index (χ2n) is 3.80. The first-order valence-corrected chi connectivity index (χ1v) is 5.62. The lowest BCUT2D eigenvalue weighted by atomic mass is 10.2. The van der Waals surface area contributed by atoms with Crippen molar-refractivity contribution >= 4 is 17.3 Å². The number of benzene rings is 1. The van der Waals surface area contributed by atoms with E-state index < -0.39 is 0 Å². The zero-order chi connectivity index (χ0) is 12.3. The second-order valence-corrected chi connectivity index (χ2v) is 4.20. The highest BCUT2D eigenvalue weighted by Crippen LogP contribution is 2.24. The van der Waals surface area contributed by atoms with E-state index in [1.165, 1.54) is 0 Å². The Morgan fingerprint density at radius 2 is 2.18 bits per heavy atom. The van der Waals surface area contributed by atoms with Gasteiger partial charge in [-0.15, -0.1) is 0 Å². The van der Waals surface area contributed by atoms with Gasteiger partial charge in [-0.05, 0) is 30.7 Å². The van der Waals surface area contributed by atoms with Crippen molar-refractivity contribution in [3.05, 3.63) is 52.8 Å². The molecule has 0 fully saturated rings. The highest BCUT2D eigenvalue weighted by atomic mass is 35.5. The summed E-state index contributed by atoms with van der Waals surface area (Å²) in [6.07, 6.45) is 3.28. The van der Waals surface area contributed by atoms with Gasteiger partial charge in [0.15, 0.2) is 0 Å². The number of anilines is 1. The number of hydrogen-bond acceptors (Lipinski definition) is 3. The van der Waals surface area contributed by atoms with Crippen molar-refractivity contribution < 1.29 is 4.74 Å². The third-order valence-corrected chi connectivity index (χ3v) is 2.75. The summed E-state index contributed by atoms with van der Waals surface area (Å²) in [6, 6.07) is 7.51. The molecule has 4 heteroatoms. The van der Waals surface area contributed by atoms with E-state index in [1.807, 2.05) is 31.2 Å². The van der Waals surface area contributed by atoms with Crippen LogP contribution >= 0.6 is 11.6 Å². The molecule has 0 spiro atoms. The maximum Gasteiger partial charge on any atom is 0.142 e. The van der Waals surface area contributed by atoms with E-state index in [2.05, 4.69) is 4.98 Å². The van der Waals surface area contributed by atoms with Crippen LogP contribution in [0.5, 0.6) is 5.75 Å². The third-order valence-electron chi connectivity index (χ3n) is 2.41. The molecule has 0 aliphatic heterocycles. The zero-order valence-electron chi connectivity index (χ0n) is 9.48. The highest BCUT2D eigenvalue weighted by Gasteiger charge is 2.03. The molecule has 0 atom stereocenters. The van der Waals surface area contributed by atoms with E-state index in [0.29, 0.717) is 23.1 Å². The molecule has 2 aromatic rings. The number of pyridine rings is 1. The van der Waals surface area contributed by atoms with E-state index in [1.54, 1.807) is 12.4 Å². The number of nitrogens with two attached hydrogens (primary N) is 1. The standard InChI is InChI=1S/C13H13ClN2O/c1-9-2-3-12(15)13(6-9)17-8-10-4-5-16-7-11(10)14/h2-7H,8,15H2,1H3. The number of aromatic nitrogens is 1. The normalized spacial score (nSPS) is 10.2. The molecule has 2 rings (SSSR count). The number of nitrogens with zero attached hydrogens (tertiary/aromatic N) is 1. The molecule has 1 aromatic heterocycles. The molecule has 0 saturated heterocycles. The van der Waals surface area contributed by atoms with Gasteiger partial charge in [0, 0.05) is 18.0 Å². The van der Waals surface area contributed by atoms with Crippen LogP contribution in [0.1, 0.15) is 11.1 Å². The highest BCUT2D eigenvalue weighted by molar-refractivity contribution is 6.31. The monoisotopic (exact) mass is 248 g/mol. The van der Waals surface area contributed by atoms with Crippen molar-refractivity contribution in [1.29, 1.82) is 0 Å². The molecule has 0 bridgehead atoms. The quantitative estimate of drug-likeness (QED) is 0.849. The number of halogens is 1. The summed E-state index contributed by atoms with van der Waals surface area (Å²) in [4.78, 5) is 3.92. The van der Waals surface area contributed by atoms with Gasteiger partial charge in [-0.25, -0.2) is 0 Å². The van der Waals surface area contributed by atoms with Crippen molar-refractivity contribution in [2.75, 3.05) is 5.73 Å². The van der Waals surface area contributed by atoms with Crippen LogP contribution in [0.2, 0.25) is 5.02 Å². The molecule has 17 heavy (non-hydrogen) atoms. The van der Waals surface area contributed by atoms with Crippen molar-refractivity contribution in [2.45, 2.75) is 13.5 Å². The average molecular weight is 249 g/mol. The lowest BCUT2D eigenvalue weighted by Gasteiger charge is -2.10. The topological polar surface area (TPSA) is 48.1 Å². The van der Waals surface area contributed by atoms with Crippen LogP contribution in [0.3, 0.4) is 0 Å². The first-order valence-electron chi connectivity index (χ1n) is 5.24. The Balaban J connectivity index is 2.12. The number of nitrogen functional groups attached to an aromatic ring is 1. The number of rotatable bonds is 3. The summed E-state index contributed by atoms with van der Waals surface area (Å²) in [5.41, 5.74) is 8.44. The summed E-state index contributed by atoms with van der Waals surface area (Å²) in [6.45, 7) is 2.38. The minimum absolute atomic E-state index is 0.384. The lowest BCUT2D eigenvalue weighted by Crippen LogP contribution is -1.99. The van der Waals surface area contributed by atoms with Crippen LogP contribution in [-0.2, 0) is 6.61 Å². The molecular weight excluding hydrogens is 236 g/mol. The number of ether oxygens (including phenoxy) is 1.